The molecule has 0 aliphatic heterocycles. The molecule has 1 aromatic heterocycles. The predicted molar refractivity (Wildman–Crippen MR) is 269 cm³/mol. The fraction of sp³-hybridized carbons (Fsp3) is 0.0159. The van der Waals surface area contributed by atoms with Crippen molar-refractivity contribution in [1.82, 2.24) is 9.97 Å². The fourth-order valence-electron chi connectivity index (χ4n) is 10.2. The van der Waals surface area contributed by atoms with Gasteiger partial charge in [-0.1, -0.05) is 237 Å². The van der Waals surface area contributed by atoms with Gasteiger partial charge < -0.3 is 0 Å². The molecule has 2 heteroatoms. The van der Waals surface area contributed by atoms with E-state index in [1.807, 2.05) is 0 Å². The zero-order valence-corrected chi connectivity index (χ0v) is 35.6. The lowest BCUT2D eigenvalue weighted by molar-refractivity contribution is 0.775. The third-order valence-electron chi connectivity index (χ3n) is 13.2. The smallest absolute Gasteiger partial charge is 0.160 e. The van der Waals surface area contributed by atoms with Gasteiger partial charge in [-0.2, -0.15) is 0 Å². The summed E-state index contributed by atoms with van der Waals surface area (Å²) in [5.41, 5.74) is 18.9. The number of hydrogen-bond acceptors (Lipinski definition) is 2. The number of aromatic nitrogens is 2. The van der Waals surface area contributed by atoms with Crippen LogP contribution in [-0.4, -0.2) is 9.97 Å². The lowest BCUT2D eigenvalue weighted by Crippen LogP contribution is -2.28. The van der Waals surface area contributed by atoms with E-state index in [1.54, 1.807) is 0 Å². The lowest BCUT2D eigenvalue weighted by atomic mass is 9.66. The second-order valence-corrected chi connectivity index (χ2v) is 16.9. The summed E-state index contributed by atoms with van der Waals surface area (Å²) >= 11 is 0. The summed E-state index contributed by atoms with van der Waals surface area (Å²) in [5.74, 6) is 0.686. The molecule has 0 saturated heterocycles. The highest BCUT2D eigenvalue weighted by molar-refractivity contribution is 6.07. The van der Waals surface area contributed by atoms with Crippen molar-refractivity contribution in [1.29, 1.82) is 0 Å². The molecule has 0 unspecified atom stereocenters. The molecule has 0 bridgehead atoms. The first kappa shape index (κ1) is 38.2. The molecule has 0 fully saturated rings. The van der Waals surface area contributed by atoms with E-state index in [4.69, 9.17) is 9.97 Å². The van der Waals surface area contributed by atoms with E-state index in [-0.39, 0.29) is 0 Å². The molecule has 10 aromatic carbocycles. The Morgan fingerprint density at radius 1 is 0.292 bits per heavy atom. The summed E-state index contributed by atoms with van der Waals surface area (Å²) in [6.45, 7) is 0. The van der Waals surface area contributed by atoms with Crippen molar-refractivity contribution in [3.63, 3.8) is 0 Å². The number of rotatable bonds is 8. The number of benzene rings is 10. The van der Waals surface area contributed by atoms with E-state index >= 15 is 0 Å². The van der Waals surface area contributed by atoms with Crippen LogP contribution in [0.1, 0.15) is 22.3 Å². The molecule has 0 atom stereocenters. The van der Waals surface area contributed by atoms with Crippen molar-refractivity contribution < 1.29 is 0 Å². The minimum Gasteiger partial charge on any atom is -0.228 e. The lowest BCUT2D eigenvalue weighted by Gasteiger charge is -2.35. The van der Waals surface area contributed by atoms with Gasteiger partial charge in [0.2, 0.25) is 0 Å². The van der Waals surface area contributed by atoms with Gasteiger partial charge in [-0.3, -0.25) is 0 Å². The van der Waals surface area contributed by atoms with E-state index in [9.17, 15) is 0 Å². The van der Waals surface area contributed by atoms with Crippen LogP contribution in [0.5, 0.6) is 0 Å². The zero-order chi connectivity index (χ0) is 43.2. The fourth-order valence-corrected chi connectivity index (χ4v) is 10.2. The topological polar surface area (TPSA) is 25.8 Å². The Morgan fingerprint density at radius 2 is 0.754 bits per heavy atom. The summed E-state index contributed by atoms with van der Waals surface area (Å²) in [7, 11) is 0. The molecule has 1 aliphatic carbocycles. The Bertz CT molecular complexity index is 3350. The molecular weight excluding hydrogens is 785 g/mol. The Balaban J connectivity index is 1.05. The largest absolute Gasteiger partial charge is 0.228 e. The summed E-state index contributed by atoms with van der Waals surface area (Å²) in [6.07, 6.45) is 0. The molecule has 0 radical (unpaired) electrons. The first-order chi connectivity index (χ1) is 32.2. The van der Waals surface area contributed by atoms with Crippen molar-refractivity contribution >= 4 is 10.8 Å². The van der Waals surface area contributed by atoms with E-state index in [0.29, 0.717) is 5.82 Å². The summed E-state index contributed by atoms with van der Waals surface area (Å²) in [5, 5.41) is 2.47. The van der Waals surface area contributed by atoms with Crippen LogP contribution in [0, 0.1) is 0 Å². The van der Waals surface area contributed by atoms with Gasteiger partial charge in [-0.15, -0.1) is 0 Å². The van der Waals surface area contributed by atoms with Gasteiger partial charge in [0, 0.05) is 16.7 Å². The average Bonchev–Trinajstić information content (AvgIpc) is 3.72. The highest BCUT2D eigenvalue weighted by Gasteiger charge is 2.48. The van der Waals surface area contributed by atoms with E-state index in [0.717, 1.165) is 39.2 Å². The molecule has 304 valence electrons. The summed E-state index contributed by atoms with van der Waals surface area (Å²) in [4.78, 5) is 10.6. The number of fused-ring (bicyclic) bond motifs is 5. The van der Waals surface area contributed by atoms with Gasteiger partial charge in [0.05, 0.1) is 16.8 Å². The maximum Gasteiger partial charge on any atom is 0.160 e. The van der Waals surface area contributed by atoms with E-state index < -0.39 is 5.41 Å². The number of hydrogen-bond donors (Lipinski definition) is 0. The van der Waals surface area contributed by atoms with Crippen LogP contribution in [0.2, 0.25) is 0 Å². The monoisotopic (exact) mass is 826 g/mol. The average molecular weight is 827 g/mol. The molecule has 11 aromatic rings. The quantitative estimate of drug-likeness (QED) is 0.152. The molecule has 1 aliphatic rings. The van der Waals surface area contributed by atoms with Crippen LogP contribution >= 0.6 is 0 Å². The van der Waals surface area contributed by atoms with Gasteiger partial charge in [0.25, 0.3) is 0 Å². The molecule has 1 heterocycles. The van der Waals surface area contributed by atoms with E-state index in [1.165, 1.54) is 66.4 Å². The normalized spacial score (nSPS) is 12.4. The van der Waals surface area contributed by atoms with Gasteiger partial charge in [-0.25, -0.2) is 9.97 Å². The van der Waals surface area contributed by atoms with Gasteiger partial charge >= 0.3 is 0 Å². The second kappa shape index (κ2) is 16.0. The molecular formula is C63H42N2. The van der Waals surface area contributed by atoms with Crippen molar-refractivity contribution in [2.24, 2.45) is 0 Å². The standard InChI is InChI=1S/C63H42N2/c1-5-18-43(19-6-1)45-32-36-47(37-33-45)58-42-59(65-62(64-58)48-38-34-46(35-39-48)44-20-7-2-8-21-44)51-24-17-23-49(40-51)56-41-50-22-13-14-29-54(50)61-60(56)55-30-15-16-31-57(55)63(61,52-25-9-3-10-26-52)53-27-11-4-12-28-53/h1-42H. The first-order valence-electron chi connectivity index (χ1n) is 22.3. The Kier molecular flexibility index (Phi) is 9.43. The minimum absolute atomic E-state index is 0.537. The van der Waals surface area contributed by atoms with Crippen LogP contribution < -0.4 is 0 Å². The SMILES string of the molecule is c1ccc(-c2ccc(-c3cc(-c4cccc(-c5cc6ccccc6c6c5-c5ccccc5C6(c5ccccc5)c5ccccc5)c4)nc(-c4ccc(-c5ccccc5)cc4)n3)cc2)cc1. The zero-order valence-electron chi connectivity index (χ0n) is 35.6. The second-order valence-electron chi connectivity index (χ2n) is 16.9. The van der Waals surface area contributed by atoms with Crippen LogP contribution in [0.15, 0.2) is 255 Å². The number of nitrogens with zero attached hydrogens (tertiary/aromatic N) is 2. The van der Waals surface area contributed by atoms with Gasteiger partial charge in [0.1, 0.15) is 0 Å². The summed E-state index contributed by atoms with van der Waals surface area (Å²) in [6, 6.07) is 91.9. The molecule has 0 amide bonds. The van der Waals surface area contributed by atoms with Crippen molar-refractivity contribution in [2.45, 2.75) is 5.41 Å². The Morgan fingerprint density at radius 3 is 1.38 bits per heavy atom. The van der Waals surface area contributed by atoms with Crippen LogP contribution in [0.4, 0.5) is 0 Å². The van der Waals surface area contributed by atoms with Gasteiger partial charge in [-0.05, 0) is 95.7 Å². The maximum absolute atomic E-state index is 5.35. The van der Waals surface area contributed by atoms with Crippen molar-refractivity contribution in [3.05, 3.63) is 277 Å². The maximum atomic E-state index is 5.35. The molecule has 65 heavy (non-hydrogen) atoms. The highest BCUT2D eigenvalue weighted by Crippen LogP contribution is 2.60. The predicted octanol–water partition coefficient (Wildman–Crippen LogP) is 16.0. The summed E-state index contributed by atoms with van der Waals surface area (Å²) < 4.78 is 0. The van der Waals surface area contributed by atoms with Crippen LogP contribution in [-0.2, 0) is 5.41 Å². The third-order valence-corrected chi connectivity index (χ3v) is 13.2. The Hall–Kier alpha value is -8.46. The van der Waals surface area contributed by atoms with Crippen molar-refractivity contribution in [3.8, 4) is 78.4 Å². The molecule has 0 spiro atoms. The van der Waals surface area contributed by atoms with Crippen LogP contribution in [0.3, 0.4) is 0 Å². The Labute approximate surface area is 379 Å². The van der Waals surface area contributed by atoms with Crippen LogP contribution in [0.25, 0.3) is 89.2 Å². The van der Waals surface area contributed by atoms with Crippen molar-refractivity contribution in [2.75, 3.05) is 0 Å². The molecule has 12 rings (SSSR count). The minimum atomic E-state index is -0.537. The third kappa shape index (κ3) is 6.58. The first-order valence-corrected chi connectivity index (χ1v) is 22.3. The molecule has 0 saturated carbocycles. The molecule has 0 N–H and O–H groups in total. The van der Waals surface area contributed by atoms with E-state index in [2.05, 4.69) is 255 Å². The molecule has 2 nitrogen and oxygen atoms in total. The van der Waals surface area contributed by atoms with Gasteiger partial charge in [0.15, 0.2) is 5.82 Å². The highest BCUT2D eigenvalue weighted by atomic mass is 14.9.